The van der Waals surface area contributed by atoms with Crippen molar-refractivity contribution in [1.82, 2.24) is 15.3 Å². The topological polar surface area (TPSA) is 40.7 Å². The molecule has 1 aliphatic rings. The summed E-state index contributed by atoms with van der Waals surface area (Å²) in [6, 6.07) is 4.20. The van der Waals surface area contributed by atoms with Crippen LogP contribution in [0.25, 0.3) is 16.6 Å². The number of hydrogen-bond acceptors (Lipinski definition) is 2. The van der Waals surface area contributed by atoms with Crippen LogP contribution in [0.2, 0.25) is 0 Å². The lowest BCUT2D eigenvalue weighted by Crippen LogP contribution is -2.20. The van der Waals surface area contributed by atoms with Crippen LogP contribution < -0.4 is 5.32 Å². The zero-order valence-corrected chi connectivity index (χ0v) is 8.46. The molecule has 0 saturated carbocycles. The molecule has 76 valence electrons. The van der Waals surface area contributed by atoms with Gasteiger partial charge in [-0.25, -0.2) is 4.98 Å². The van der Waals surface area contributed by atoms with Crippen molar-refractivity contribution in [2.24, 2.45) is 0 Å². The van der Waals surface area contributed by atoms with E-state index in [0.717, 1.165) is 25.2 Å². The fourth-order valence-electron chi connectivity index (χ4n) is 2.11. The van der Waals surface area contributed by atoms with Gasteiger partial charge in [0.1, 0.15) is 5.65 Å². The highest BCUT2D eigenvalue weighted by Crippen LogP contribution is 2.25. The van der Waals surface area contributed by atoms with Crippen molar-refractivity contribution >= 4 is 16.6 Å². The minimum atomic E-state index is 0.976. The molecular weight excluding hydrogens is 186 g/mol. The van der Waals surface area contributed by atoms with Gasteiger partial charge in [-0.2, -0.15) is 0 Å². The molecule has 0 atom stereocenters. The lowest BCUT2D eigenvalue weighted by atomic mass is 9.99. The van der Waals surface area contributed by atoms with Crippen LogP contribution in [-0.2, 0) is 0 Å². The van der Waals surface area contributed by atoms with E-state index in [1.807, 2.05) is 12.4 Å². The monoisotopic (exact) mass is 199 g/mol. The number of aromatic amines is 1. The number of hydrogen-bond donors (Lipinski definition) is 2. The molecule has 0 bridgehead atoms. The van der Waals surface area contributed by atoms with E-state index in [2.05, 4.69) is 33.5 Å². The minimum Gasteiger partial charge on any atom is -0.346 e. The molecule has 2 N–H and O–H groups in total. The average Bonchev–Trinajstić information content (AvgIpc) is 2.78. The first kappa shape index (κ1) is 8.68. The highest BCUT2D eigenvalue weighted by molar-refractivity contribution is 5.90. The third-order valence-electron chi connectivity index (χ3n) is 2.87. The molecule has 0 spiro atoms. The standard InChI is InChI=1S/C12H13N3/c1-5-13-6-2-9(1)10-3-7-14-12-11(10)4-8-15-12/h1,3-4,7-8,13H,2,5-6H2,(H,14,15). The lowest BCUT2D eigenvalue weighted by Gasteiger charge is -2.14. The number of H-pyrrole nitrogens is 1. The summed E-state index contributed by atoms with van der Waals surface area (Å²) >= 11 is 0. The maximum atomic E-state index is 4.30. The summed E-state index contributed by atoms with van der Waals surface area (Å²) < 4.78 is 0. The van der Waals surface area contributed by atoms with Crippen LogP contribution in [0.5, 0.6) is 0 Å². The maximum Gasteiger partial charge on any atom is 0.137 e. The number of nitrogens with zero attached hydrogens (tertiary/aromatic N) is 1. The number of nitrogens with one attached hydrogen (secondary N) is 2. The van der Waals surface area contributed by atoms with Crippen LogP contribution in [0.3, 0.4) is 0 Å². The molecule has 3 rings (SSSR count). The minimum absolute atomic E-state index is 0.976. The zero-order valence-electron chi connectivity index (χ0n) is 8.46. The third kappa shape index (κ3) is 1.45. The fraction of sp³-hybridized carbons (Fsp3) is 0.250. The predicted octanol–water partition coefficient (Wildman–Crippen LogP) is 1.94. The summed E-state index contributed by atoms with van der Waals surface area (Å²) in [5, 5.41) is 4.55. The second kappa shape index (κ2) is 3.51. The summed E-state index contributed by atoms with van der Waals surface area (Å²) in [4.78, 5) is 7.44. The van der Waals surface area contributed by atoms with E-state index in [9.17, 15) is 0 Å². The van der Waals surface area contributed by atoms with Gasteiger partial charge < -0.3 is 10.3 Å². The molecule has 0 saturated heterocycles. The van der Waals surface area contributed by atoms with Gasteiger partial charge in [-0.1, -0.05) is 6.08 Å². The summed E-state index contributed by atoms with van der Waals surface area (Å²) in [5.74, 6) is 0. The first-order valence-corrected chi connectivity index (χ1v) is 5.27. The van der Waals surface area contributed by atoms with E-state index in [4.69, 9.17) is 0 Å². The van der Waals surface area contributed by atoms with Crippen LogP contribution in [0.15, 0.2) is 30.6 Å². The highest BCUT2D eigenvalue weighted by Gasteiger charge is 2.09. The van der Waals surface area contributed by atoms with Crippen LogP contribution in [-0.4, -0.2) is 23.1 Å². The second-order valence-electron chi connectivity index (χ2n) is 3.78. The molecule has 0 radical (unpaired) electrons. The van der Waals surface area contributed by atoms with E-state index in [1.54, 1.807) is 0 Å². The second-order valence-corrected chi connectivity index (χ2v) is 3.78. The Bertz CT molecular complexity index is 510. The number of pyridine rings is 1. The Morgan fingerprint density at radius 1 is 1.27 bits per heavy atom. The molecule has 2 aromatic rings. The summed E-state index contributed by atoms with van der Waals surface area (Å²) in [6.45, 7) is 2.05. The van der Waals surface area contributed by atoms with Crippen molar-refractivity contribution in [1.29, 1.82) is 0 Å². The zero-order chi connectivity index (χ0) is 10.1. The van der Waals surface area contributed by atoms with Gasteiger partial charge in [-0.15, -0.1) is 0 Å². The molecule has 3 heterocycles. The van der Waals surface area contributed by atoms with Gasteiger partial charge in [0.15, 0.2) is 0 Å². The molecule has 0 aliphatic carbocycles. The quantitative estimate of drug-likeness (QED) is 0.737. The SMILES string of the molecule is C1=C(c2ccnc3[nH]ccc23)CCNC1. The van der Waals surface area contributed by atoms with Crippen LogP contribution >= 0.6 is 0 Å². The van der Waals surface area contributed by atoms with E-state index in [-0.39, 0.29) is 0 Å². The van der Waals surface area contributed by atoms with Gasteiger partial charge >= 0.3 is 0 Å². The first-order chi connectivity index (χ1) is 7.45. The first-order valence-electron chi connectivity index (χ1n) is 5.27. The molecule has 0 unspecified atom stereocenters. The lowest BCUT2D eigenvalue weighted by molar-refractivity contribution is 0.739. The molecule has 3 nitrogen and oxygen atoms in total. The smallest absolute Gasteiger partial charge is 0.137 e. The number of aromatic nitrogens is 2. The van der Waals surface area contributed by atoms with Crippen LogP contribution in [0.1, 0.15) is 12.0 Å². The van der Waals surface area contributed by atoms with Crippen molar-refractivity contribution in [3.05, 3.63) is 36.2 Å². The van der Waals surface area contributed by atoms with Crippen molar-refractivity contribution < 1.29 is 0 Å². The Kier molecular flexibility index (Phi) is 2.03. The molecule has 0 aromatic carbocycles. The molecule has 1 aliphatic heterocycles. The van der Waals surface area contributed by atoms with Gasteiger partial charge in [0.05, 0.1) is 0 Å². The van der Waals surface area contributed by atoms with E-state index >= 15 is 0 Å². The van der Waals surface area contributed by atoms with Crippen molar-refractivity contribution in [2.75, 3.05) is 13.1 Å². The van der Waals surface area contributed by atoms with Gasteiger partial charge in [0.2, 0.25) is 0 Å². The predicted molar refractivity (Wildman–Crippen MR) is 61.6 cm³/mol. The molecular formula is C12H13N3. The maximum absolute atomic E-state index is 4.30. The Balaban J connectivity index is 2.17. The van der Waals surface area contributed by atoms with Gasteiger partial charge in [0.25, 0.3) is 0 Å². The normalized spacial score (nSPS) is 16.7. The fourth-order valence-corrected chi connectivity index (χ4v) is 2.11. The van der Waals surface area contributed by atoms with E-state index < -0.39 is 0 Å². The van der Waals surface area contributed by atoms with Gasteiger partial charge in [0, 0.05) is 24.3 Å². The summed E-state index contributed by atoms with van der Waals surface area (Å²) in [6.07, 6.45) is 7.19. The number of fused-ring (bicyclic) bond motifs is 1. The molecule has 3 heteroatoms. The van der Waals surface area contributed by atoms with Crippen molar-refractivity contribution in [3.63, 3.8) is 0 Å². The largest absolute Gasteiger partial charge is 0.346 e. The van der Waals surface area contributed by atoms with Gasteiger partial charge in [-0.3, -0.25) is 0 Å². The molecule has 15 heavy (non-hydrogen) atoms. The average molecular weight is 199 g/mol. The Morgan fingerprint density at radius 3 is 3.13 bits per heavy atom. The van der Waals surface area contributed by atoms with Gasteiger partial charge in [-0.05, 0) is 36.2 Å². The third-order valence-corrected chi connectivity index (χ3v) is 2.87. The molecule has 2 aromatic heterocycles. The molecule has 0 fully saturated rings. The number of rotatable bonds is 1. The highest BCUT2D eigenvalue weighted by atomic mass is 14.9. The Hall–Kier alpha value is -1.61. The molecule has 0 amide bonds. The Morgan fingerprint density at radius 2 is 2.27 bits per heavy atom. The summed E-state index contributed by atoms with van der Waals surface area (Å²) in [7, 11) is 0. The van der Waals surface area contributed by atoms with Crippen molar-refractivity contribution in [3.8, 4) is 0 Å². The van der Waals surface area contributed by atoms with E-state index in [1.165, 1.54) is 16.5 Å². The summed E-state index contributed by atoms with van der Waals surface area (Å²) in [5.41, 5.74) is 3.73. The van der Waals surface area contributed by atoms with Crippen LogP contribution in [0.4, 0.5) is 0 Å². The Labute approximate surface area is 88.2 Å². The van der Waals surface area contributed by atoms with E-state index in [0.29, 0.717) is 0 Å². The van der Waals surface area contributed by atoms with Crippen LogP contribution in [0, 0.1) is 0 Å². The van der Waals surface area contributed by atoms with Crippen molar-refractivity contribution in [2.45, 2.75) is 6.42 Å².